The second kappa shape index (κ2) is 4.66. The third kappa shape index (κ3) is 3.20. The third-order valence-electron chi connectivity index (χ3n) is 3.25. The van der Waals surface area contributed by atoms with E-state index in [1.165, 1.54) is 12.3 Å². The standard InChI is InChI=1S/C12H19BO4/c1-11(2,3)12(4,5)17-13(15)9-6-10(7-14)16-8-9/h6-8,15H,1-5H3. The molecule has 0 spiro atoms. The minimum Gasteiger partial charge on any atom is -0.462 e. The molecule has 0 bridgehead atoms. The molecule has 1 heterocycles. The fourth-order valence-corrected chi connectivity index (χ4v) is 1.08. The van der Waals surface area contributed by atoms with Crippen LogP contribution in [0, 0.1) is 5.41 Å². The van der Waals surface area contributed by atoms with E-state index in [0.717, 1.165) is 0 Å². The summed E-state index contributed by atoms with van der Waals surface area (Å²) in [5.41, 5.74) is -0.180. The van der Waals surface area contributed by atoms with Crippen molar-refractivity contribution in [1.29, 1.82) is 0 Å². The van der Waals surface area contributed by atoms with E-state index < -0.39 is 12.7 Å². The van der Waals surface area contributed by atoms with Gasteiger partial charge in [0.2, 0.25) is 0 Å². The molecule has 0 radical (unpaired) electrons. The monoisotopic (exact) mass is 238 g/mol. The van der Waals surface area contributed by atoms with Crippen LogP contribution in [0.5, 0.6) is 0 Å². The minimum atomic E-state index is -1.10. The van der Waals surface area contributed by atoms with E-state index in [0.29, 0.717) is 11.7 Å². The molecular weight excluding hydrogens is 219 g/mol. The van der Waals surface area contributed by atoms with Crippen molar-refractivity contribution in [2.24, 2.45) is 5.41 Å². The summed E-state index contributed by atoms with van der Waals surface area (Å²) in [6.07, 6.45) is 1.91. The van der Waals surface area contributed by atoms with Crippen molar-refractivity contribution in [3.63, 3.8) is 0 Å². The van der Waals surface area contributed by atoms with Gasteiger partial charge in [0.25, 0.3) is 0 Å². The molecule has 0 atom stereocenters. The first-order valence-corrected chi connectivity index (χ1v) is 5.57. The lowest BCUT2D eigenvalue weighted by atomic mass is 9.74. The van der Waals surface area contributed by atoms with Crippen LogP contribution >= 0.6 is 0 Å². The average molecular weight is 238 g/mol. The van der Waals surface area contributed by atoms with E-state index in [-0.39, 0.29) is 11.2 Å². The summed E-state index contributed by atoms with van der Waals surface area (Å²) in [5.74, 6) is 0.177. The van der Waals surface area contributed by atoms with Crippen LogP contribution in [-0.2, 0) is 4.65 Å². The first-order valence-electron chi connectivity index (χ1n) is 5.57. The van der Waals surface area contributed by atoms with Crippen LogP contribution in [0.1, 0.15) is 45.2 Å². The van der Waals surface area contributed by atoms with Crippen LogP contribution in [0.15, 0.2) is 16.7 Å². The van der Waals surface area contributed by atoms with Crippen molar-refractivity contribution >= 4 is 18.9 Å². The molecule has 0 fully saturated rings. The van der Waals surface area contributed by atoms with E-state index in [1.54, 1.807) is 0 Å². The molecule has 0 aliphatic rings. The quantitative estimate of drug-likeness (QED) is 0.639. The van der Waals surface area contributed by atoms with Gasteiger partial charge in [0.1, 0.15) is 0 Å². The number of carbonyl (C=O) groups is 1. The molecule has 0 aliphatic heterocycles. The molecule has 0 aromatic carbocycles. The van der Waals surface area contributed by atoms with Crippen LogP contribution in [0.3, 0.4) is 0 Å². The number of carbonyl (C=O) groups excluding carboxylic acids is 1. The molecular formula is C12H19BO4. The second-order valence-corrected chi connectivity index (χ2v) is 5.63. The zero-order valence-corrected chi connectivity index (χ0v) is 11.0. The lowest BCUT2D eigenvalue weighted by molar-refractivity contribution is -0.0129. The second-order valence-electron chi connectivity index (χ2n) is 5.63. The maximum absolute atomic E-state index is 10.5. The molecule has 0 saturated carbocycles. The van der Waals surface area contributed by atoms with Crippen LogP contribution < -0.4 is 5.46 Å². The fraction of sp³-hybridized carbons (Fsp3) is 0.583. The van der Waals surface area contributed by atoms with Crippen molar-refractivity contribution in [3.05, 3.63) is 18.1 Å². The van der Waals surface area contributed by atoms with Gasteiger partial charge < -0.3 is 14.1 Å². The predicted octanol–water partition coefficient (Wildman–Crippen LogP) is 1.62. The van der Waals surface area contributed by atoms with Gasteiger partial charge in [0, 0.05) is 5.46 Å². The highest BCUT2D eigenvalue weighted by molar-refractivity contribution is 6.60. The minimum absolute atomic E-state index is 0.120. The molecule has 1 N–H and O–H groups in total. The highest BCUT2D eigenvalue weighted by Gasteiger charge is 2.37. The summed E-state index contributed by atoms with van der Waals surface area (Å²) in [4.78, 5) is 10.5. The molecule has 94 valence electrons. The molecule has 0 saturated heterocycles. The number of aldehydes is 1. The molecule has 0 amide bonds. The Bertz CT molecular complexity index is 389. The maximum atomic E-state index is 10.5. The van der Waals surface area contributed by atoms with Gasteiger partial charge in [-0.3, -0.25) is 4.79 Å². The lowest BCUT2D eigenvalue weighted by Crippen LogP contribution is -2.48. The molecule has 1 aromatic heterocycles. The van der Waals surface area contributed by atoms with E-state index >= 15 is 0 Å². The van der Waals surface area contributed by atoms with Crippen LogP contribution in [-0.4, -0.2) is 24.0 Å². The number of hydrogen-bond donors (Lipinski definition) is 1. The van der Waals surface area contributed by atoms with E-state index in [2.05, 4.69) is 0 Å². The first-order chi connectivity index (χ1) is 7.67. The summed E-state index contributed by atoms with van der Waals surface area (Å²) in [5, 5.41) is 9.93. The van der Waals surface area contributed by atoms with Crippen molar-refractivity contribution < 1.29 is 18.9 Å². The van der Waals surface area contributed by atoms with Crippen LogP contribution in [0.2, 0.25) is 0 Å². The SMILES string of the molecule is CC(C)(C)C(C)(C)OB(O)c1coc(C=O)c1. The Balaban J connectivity index is 2.78. The lowest BCUT2D eigenvalue weighted by Gasteiger charge is -2.39. The van der Waals surface area contributed by atoms with Gasteiger partial charge >= 0.3 is 7.12 Å². The largest absolute Gasteiger partial charge is 0.494 e. The normalized spacial score (nSPS) is 12.6. The number of furan rings is 1. The van der Waals surface area contributed by atoms with Crippen molar-refractivity contribution in [2.75, 3.05) is 0 Å². The Morgan fingerprint density at radius 3 is 2.35 bits per heavy atom. The van der Waals surface area contributed by atoms with E-state index in [1.807, 2.05) is 34.6 Å². The number of hydrogen-bond acceptors (Lipinski definition) is 4. The Kier molecular flexibility index (Phi) is 3.84. The Morgan fingerprint density at radius 2 is 1.94 bits per heavy atom. The van der Waals surface area contributed by atoms with Crippen molar-refractivity contribution in [3.8, 4) is 0 Å². The first kappa shape index (κ1) is 14.0. The summed E-state index contributed by atoms with van der Waals surface area (Å²) in [6, 6.07) is 1.47. The molecule has 4 nitrogen and oxygen atoms in total. The number of rotatable bonds is 4. The molecule has 0 aliphatic carbocycles. The van der Waals surface area contributed by atoms with Crippen LogP contribution in [0.4, 0.5) is 0 Å². The average Bonchev–Trinajstić information content (AvgIpc) is 2.63. The zero-order chi connectivity index (χ0) is 13.3. The smallest absolute Gasteiger partial charge is 0.462 e. The van der Waals surface area contributed by atoms with Gasteiger partial charge in [-0.2, -0.15) is 0 Å². The molecule has 1 aromatic rings. The Morgan fingerprint density at radius 1 is 1.35 bits per heavy atom. The molecule has 0 unspecified atom stereocenters. The molecule has 1 rings (SSSR count). The van der Waals surface area contributed by atoms with Gasteiger partial charge in [0.05, 0.1) is 11.9 Å². The van der Waals surface area contributed by atoms with Gasteiger partial charge in [-0.25, -0.2) is 0 Å². The highest BCUT2D eigenvalue weighted by atomic mass is 16.5. The predicted molar refractivity (Wildman–Crippen MR) is 66.3 cm³/mol. The zero-order valence-electron chi connectivity index (χ0n) is 11.0. The Labute approximate surface area is 102 Å². The van der Waals surface area contributed by atoms with E-state index in [4.69, 9.17) is 9.07 Å². The van der Waals surface area contributed by atoms with Crippen molar-refractivity contribution in [2.45, 2.75) is 40.2 Å². The van der Waals surface area contributed by atoms with Crippen LogP contribution in [0.25, 0.3) is 0 Å². The highest BCUT2D eigenvalue weighted by Crippen LogP contribution is 2.33. The topological polar surface area (TPSA) is 59.7 Å². The van der Waals surface area contributed by atoms with Gasteiger partial charge in [-0.1, -0.05) is 20.8 Å². The maximum Gasteiger partial charge on any atom is 0.494 e. The van der Waals surface area contributed by atoms with Gasteiger partial charge in [0.15, 0.2) is 12.0 Å². The fourth-order valence-electron chi connectivity index (χ4n) is 1.08. The van der Waals surface area contributed by atoms with Gasteiger partial charge in [-0.05, 0) is 25.3 Å². The summed E-state index contributed by atoms with van der Waals surface area (Å²) < 4.78 is 10.6. The molecule has 17 heavy (non-hydrogen) atoms. The summed E-state index contributed by atoms with van der Waals surface area (Å²) in [6.45, 7) is 9.93. The van der Waals surface area contributed by atoms with E-state index in [9.17, 15) is 9.82 Å². The summed E-state index contributed by atoms with van der Waals surface area (Å²) in [7, 11) is -1.10. The third-order valence-corrected chi connectivity index (χ3v) is 3.25. The van der Waals surface area contributed by atoms with Crippen molar-refractivity contribution in [1.82, 2.24) is 0 Å². The summed E-state index contributed by atoms with van der Waals surface area (Å²) >= 11 is 0. The van der Waals surface area contributed by atoms with Gasteiger partial charge in [-0.15, -0.1) is 0 Å². The molecule has 5 heteroatoms. The Hall–Kier alpha value is -1.07.